The smallest absolute Gasteiger partial charge is 0.159 e. The molecule has 0 bridgehead atoms. The second-order valence-corrected chi connectivity index (χ2v) is 9.39. The molecule has 0 saturated heterocycles. The molecule has 25 heavy (non-hydrogen) atoms. The molecular formula is C22H22BrOSi. The van der Waals surface area contributed by atoms with Gasteiger partial charge in [0.1, 0.15) is 5.75 Å². The summed E-state index contributed by atoms with van der Waals surface area (Å²) in [5.41, 5.74) is 1.25. The van der Waals surface area contributed by atoms with E-state index in [1.165, 1.54) is 15.9 Å². The number of hydrogen-bond acceptors (Lipinski definition) is 1. The number of rotatable bonds is 6. The largest absolute Gasteiger partial charge is 0.508 e. The molecule has 1 radical (unpaired) electrons. The number of halogens is 1. The number of phenolic OH excluding ortho intramolecular Hbond substituents is 1. The fourth-order valence-corrected chi connectivity index (χ4v) is 6.73. The molecule has 0 aliphatic heterocycles. The van der Waals surface area contributed by atoms with Crippen molar-refractivity contribution in [2.75, 3.05) is 0 Å². The quantitative estimate of drug-likeness (QED) is 0.481. The minimum absolute atomic E-state index is 0.413. The molecule has 0 spiro atoms. The number of hydrogen-bond donors (Lipinski definition) is 1. The van der Waals surface area contributed by atoms with Crippen LogP contribution in [0, 0.1) is 0 Å². The van der Waals surface area contributed by atoms with Crippen LogP contribution in [0.2, 0.25) is 0 Å². The third-order valence-electron chi connectivity index (χ3n) is 4.39. The molecule has 1 N–H and O–H groups in total. The SMILES string of the molecule is CCCCc1c(Br)ccc(O)c1[Si](c1ccccc1)c1ccccc1. The van der Waals surface area contributed by atoms with E-state index in [-0.39, 0.29) is 0 Å². The molecule has 0 aromatic heterocycles. The monoisotopic (exact) mass is 409 g/mol. The van der Waals surface area contributed by atoms with Gasteiger partial charge in [0.25, 0.3) is 0 Å². The van der Waals surface area contributed by atoms with Gasteiger partial charge in [0.15, 0.2) is 8.80 Å². The maximum atomic E-state index is 10.8. The zero-order chi connectivity index (χ0) is 17.6. The molecule has 0 unspecified atom stereocenters. The molecular weight excluding hydrogens is 388 g/mol. The van der Waals surface area contributed by atoms with Crippen LogP contribution in [0.4, 0.5) is 0 Å². The van der Waals surface area contributed by atoms with Crippen LogP contribution in [0.1, 0.15) is 25.3 Å². The van der Waals surface area contributed by atoms with Crippen LogP contribution in [-0.2, 0) is 6.42 Å². The Kier molecular flexibility index (Phi) is 6.11. The highest BCUT2D eigenvalue weighted by Gasteiger charge is 2.26. The topological polar surface area (TPSA) is 20.2 Å². The van der Waals surface area contributed by atoms with Crippen molar-refractivity contribution in [2.45, 2.75) is 26.2 Å². The fraction of sp³-hybridized carbons (Fsp3) is 0.182. The fourth-order valence-electron chi connectivity index (χ4n) is 3.15. The molecule has 3 rings (SSSR count). The van der Waals surface area contributed by atoms with E-state index in [1.807, 2.05) is 24.3 Å². The van der Waals surface area contributed by atoms with Crippen molar-refractivity contribution in [3.63, 3.8) is 0 Å². The summed E-state index contributed by atoms with van der Waals surface area (Å²) >= 11 is 3.73. The normalized spacial score (nSPS) is 11.0. The lowest BCUT2D eigenvalue weighted by Gasteiger charge is -2.22. The van der Waals surface area contributed by atoms with Crippen molar-refractivity contribution in [2.24, 2.45) is 0 Å². The lowest BCUT2D eigenvalue weighted by molar-refractivity contribution is 0.478. The lowest BCUT2D eigenvalue weighted by Crippen LogP contribution is -2.53. The Labute approximate surface area is 160 Å². The van der Waals surface area contributed by atoms with E-state index in [0.717, 1.165) is 28.9 Å². The first-order chi connectivity index (χ1) is 12.2. The van der Waals surface area contributed by atoms with Crippen molar-refractivity contribution in [1.29, 1.82) is 0 Å². The van der Waals surface area contributed by atoms with Crippen LogP contribution < -0.4 is 15.6 Å². The van der Waals surface area contributed by atoms with E-state index >= 15 is 0 Å². The van der Waals surface area contributed by atoms with Crippen molar-refractivity contribution >= 4 is 40.3 Å². The van der Waals surface area contributed by atoms with Crippen molar-refractivity contribution < 1.29 is 5.11 Å². The van der Waals surface area contributed by atoms with Crippen LogP contribution in [0.3, 0.4) is 0 Å². The number of benzene rings is 3. The van der Waals surface area contributed by atoms with Crippen LogP contribution in [-0.4, -0.2) is 13.9 Å². The van der Waals surface area contributed by atoms with Gasteiger partial charge in [-0.15, -0.1) is 0 Å². The van der Waals surface area contributed by atoms with Gasteiger partial charge in [-0.1, -0.05) is 100 Å². The molecule has 1 nitrogen and oxygen atoms in total. The Morgan fingerprint density at radius 3 is 1.92 bits per heavy atom. The van der Waals surface area contributed by atoms with Gasteiger partial charge >= 0.3 is 0 Å². The summed E-state index contributed by atoms with van der Waals surface area (Å²) in [6.07, 6.45) is 3.24. The lowest BCUT2D eigenvalue weighted by atomic mass is 10.1. The number of unbranched alkanes of at least 4 members (excludes halogenated alkanes) is 1. The summed E-state index contributed by atoms with van der Waals surface area (Å²) in [6, 6.07) is 25.0. The first-order valence-electron chi connectivity index (χ1n) is 8.71. The molecule has 0 saturated carbocycles. The van der Waals surface area contributed by atoms with Gasteiger partial charge in [0.2, 0.25) is 0 Å². The van der Waals surface area contributed by atoms with E-state index in [4.69, 9.17) is 0 Å². The predicted octanol–water partition coefficient (Wildman–Crippen LogP) is 4.01. The zero-order valence-electron chi connectivity index (χ0n) is 14.4. The summed E-state index contributed by atoms with van der Waals surface area (Å²) in [5.74, 6) is 0.413. The third-order valence-corrected chi connectivity index (χ3v) is 8.01. The highest BCUT2D eigenvalue weighted by Crippen LogP contribution is 2.22. The highest BCUT2D eigenvalue weighted by molar-refractivity contribution is 9.10. The predicted molar refractivity (Wildman–Crippen MR) is 112 cm³/mol. The molecule has 0 aliphatic carbocycles. The average Bonchev–Trinajstić information content (AvgIpc) is 2.66. The van der Waals surface area contributed by atoms with Crippen LogP contribution in [0.5, 0.6) is 5.75 Å². The van der Waals surface area contributed by atoms with Crippen molar-refractivity contribution in [1.82, 2.24) is 0 Å². The maximum absolute atomic E-state index is 10.8. The van der Waals surface area contributed by atoms with Crippen LogP contribution in [0.25, 0.3) is 0 Å². The Bertz CT molecular complexity index is 779. The minimum atomic E-state index is -1.27. The van der Waals surface area contributed by atoms with Gasteiger partial charge in [0.05, 0.1) is 0 Å². The molecule has 0 amide bonds. The van der Waals surface area contributed by atoms with Gasteiger partial charge in [-0.2, -0.15) is 0 Å². The van der Waals surface area contributed by atoms with E-state index in [1.54, 1.807) is 0 Å². The zero-order valence-corrected chi connectivity index (χ0v) is 17.0. The summed E-state index contributed by atoms with van der Waals surface area (Å²) in [7, 11) is -1.27. The summed E-state index contributed by atoms with van der Waals surface area (Å²) < 4.78 is 1.10. The van der Waals surface area contributed by atoms with E-state index < -0.39 is 8.80 Å². The van der Waals surface area contributed by atoms with Crippen LogP contribution in [0.15, 0.2) is 77.3 Å². The Morgan fingerprint density at radius 1 is 0.840 bits per heavy atom. The second kappa shape index (κ2) is 8.50. The van der Waals surface area contributed by atoms with E-state index in [2.05, 4.69) is 71.4 Å². The Morgan fingerprint density at radius 2 is 1.40 bits per heavy atom. The molecule has 0 aliphatic rings. The first-order valence-corrected chi connectivity index (χ1v) is 11.0. The van der Waals surface area contributed by atoms with Gasteiger partial charge in [0, 0.05) is 4.47 Å². The Balaban J connectivity index is 2.22. The summed E-state index contributed by atoms with van der Waals surface area (Å²) in [4.78, 5) is 0. The summed E-state index contributed by atoms with van der Waals surface area (Å²) in [5, 5.41) is 14.5. The first kappa shape index (κ1) is 18.0. The molecule has 0 atom stereocenters. The number of phenols is 1. The molecule has 3 heteroatoms. The molecule has 0 fully saturated rings. The molecule has 0 heterocycles. The Hall–Kier alpha value is -1.84. The van der Waals surface area contributed by atoms with Gasteiger partial charge in [-0.25, -0.2) is 0 Å². The van der Waals surface area contributed by atoms with E-state index in [0.29, 0.717) is 5.75 Å². The van der Waals surface area contributed by atoms with Gasteiger partial charge < -0.3 is 5.11 Å². The highest BCUT2D eigenvalue weighted by atomic mass is 79.9. The third kappa shape index (κ3) is 4.05. The van der Waals surface area contributed by atoms with Gasteiger partial charge in [-0.3, -0.25) is 0 Å². The maximum Gasteiger partial charge on any atom is 0.159 e. The van der Waals surface area contributed by atoms with Crippen molar-refractivity contribution in [3.05, 3.63) is 82.8 Å². The molecule has 127 valence electrons. The van der Waals surface area contributed by atoms with Crippen LogP contribution >= 0.6 is 15.9 Å². The average molecular weight is 410 g/mol. The van der Waals surface area contributed by atoms with Gasteiger partial charge in [-0.05, 0) is 35.7 Å². The van der Waals surface area contributed by atoms with Crippen molar-refractivity contribution in [3.8, 4) is 5.75 Å². The second-order valence-electron chi connectivity index (χ2n) is 6.13. The standard InChI is InChI=1S/C22H22BrOSi/c1-2-3-14-19-20(23)15-16-21(24)22(19)25(17-10-6-4-7-11-17)18-12-8-5-9-13-18/h4-13,15-16,24H,2-3,14H2,1H3. The molecule has 3 aromatic rings. The van der Waals surface area contributed by atoms with E-state index in [9.17, 15) is 5.11 Å². The number of aromatic hydroxyl groups is 1. The summed E-state index contributed by atoms with van der Waals surface area (Å²) in [6.45, 7) is 2.20. The molecule has 3 aromatic carbocycles. The minimum Gasteiger partial charge on any atom is -0.508 e.